The Bertz CT molecular complexity index is 431. The van der Waals surface area contributed by atoms with Gasteiger partial charge in [0.25, 0.3) is 0 Å². The van der Waals surface area contributed by atoms with Crippen LogP contribution in [0.25, 0.3) is 11.2 Å². The first-order chi connectivity index (χ1) is 6.43. The number of pyridine rings is 1. The average molecular weight is 175 g/mol. The van der Waals surface area contributed by atoms with Crippen LogP contribution in [0.3, 0.4) is 0 Å². The number of aromatic nitrogens is 4. The fourth-order valence-electron chi connectivity index (χ4n) is 1.52. The van der Waals surface area contributed by atoms with E-state index in [2.05, 4.69) is 25.7 Å². The first-order valence-electron chi connectivity index (χ1n) is 4.33. The number of fused-ring (bicyclic) bond motifs is 1. The Balaban J connectivity index is 2.09. The van der Waals surface area contributed by atoms with E-state index in [0.717, 1.165) is 12.1 Å². The smallest absolute Gasteiger partial charge is 0.201 e. The summed E-state index contributed by atoms with van der Waals surface area (Å²) in [4.78, 5) is 4.20. The van der Waals surface area contributed by atoms with E-state index in [1.807, 2.05) is 12.3 Å². The third-order valence-electron chi connectivity index (χ3n) is 2.42. The Hall–Kier alpha value is -1.49. The van der Waals surface area contributed by atoms with Crippen LogP contribution in [0.4, 0.5) is 0 Å². The van der Waals surface area contributed by atoms with Crippen LogP contribution in [0.15, 0.2) is 12.3 Å². The van der Waals surface area contributed by atoms with Crippen molar-refractivity contribution in [3.63, 3.8) is 0 Å². The average Bonchev–Trinajstić information content (AvgIpc) is 2.47. The van der Waals surface area contributed by atoms with Crippen molar-refractivity contribution >= 4 is 11.2 Å². The minimum atomic E-state index is 0.466. The van der Waals surface area contributed by atoms with Crippen LogP contribution in [-0.2, 0) is 0 Å². The summed E-state index contributed by atoms with van der Waals surface area (Å²) in [6, 6.07) is 2.50. The highest BCUT2D eigenvalue weighted by molar-refractivity contribution is 5.69. The van der Waals surface area contributed by atoms with Crippen LogP contribution in [0.5, 0.6) is 0 Å². The molecule has 0 amide bonds. The summed E-state index contributed by atoms with van der Waals surface area (Å²) in [6.45, 7) is 1.10. The number of H-pyrrole nitrogens is 1. The number of aromatic amines is 1. The van der Waals surface area contributed by atoms with Crippen LogP contribution < -0.4 is 5.32 Å². The number of nitrogens with one attached hydrogen (secondary N) is 2. The summed E-state index contributed by atoms with van der Waals surface area (Å²) < 4.78 is 0. The zero-order chi connectivity index (χ0) is 8.67. The lowest BCUT2D eigenvalue weighted by atomic mass is 10.00. The SMILES string of the molecule is c1nc2n[nH]nc2cc1C1CCN1. The van der Waals surface area contributed by atoms with Crippen molar-refractivity contribution in [2.75, 3.05) is 6.54 Å². The van der Waals surface area contributed by atoms with Gasteiger partial charge in [-0.25, -0.2) is 4.98 Å². The van der Waals surface area contributed by atoms with Crippen molar-refractivity contribution in [1.29, 1.82) is 0 Å². The molecule has 1 unspecified atom stereocenters. The number of nitrogens with zero attached hydrogens (tertiary/aromatic N) is 3. The third kappa shape index (κ3) is 1.01. The molecule has 5 nitrogen and oxygen atoms in total. The van der Waals surface area contributed by atoms with Gasteiger partial charge in [-0.3, -0.25) is 0 Å². The van der Waals surface area contributed by atoms with Crippen LogP contribution >= 0.6 is 0 Å². The summed E-state index contributed by atoms with van der Waals surface area (Å²) in [5.74, 6) is 0. The Kier molecular flexibility index (Phi) is 1.34. The van der Waals surface area contributed by atoms with Crippen LogP contribution in [0.2, 0.25) is 0 Å². The van der Waals surface area contributed by atoms with Gasteiger partial charge in [0.05, 0.1) is 0 Å². The van der Waals surface area contributed by atoms with Gasteiger partial charge >= 0.3 is 0 Å². The third-order valence-corrected chi connectivity index (χ3v) is 2.42. The van der Waals surface area contributed by atoms with E-state index in [4.69, 9.17) is 0 Å². The molecule has 3 rings (SSSR count). The number of hydrogen-bond acceptors (Lipinski definition) is 4. The molecule has 66 valence electrons. The molecular weight excluding hydrogens is 166 g/mol. The van der Waals surface area contributed by atoms with Gasteiger partial charge in [0, 0.05) is 12.2 Å². The molecule has 1 atom stereocenters. The van der Waals surface area contributed by atoms with Crippen molar-refractivity contribution in [2.24, 2.45) is 0 Å². The standard InChI is InChI=1S/C8H9N5/c1-2-9-6(1)5-3-7-8(10-4-5)12-13-11-7/h3-4,6,9H,1-2H2,(H,10,11,12,13). The lowest BCUT2D eigenvalue weighted by molar-refractivity contribution is 0.383. The van der Waals surface area contributed by atoms with E-state index in [-0.39, 0.29) is 0 Å². The Morgan fingerprint density at radius 1 is 1.38 bits per heavy atom. The summed E-state index contributed by atoms with van der Waals surface area (Å²) in [5, 5.41) is 13.8. The van der Waals surface area contributed by atoms with Crippen LogP contribution in [0, 0.1) is 0 Å². The predicted octanol–water partition coefficient (Wildman–Crippen LogP) is 0.387. The van der Waals surface area contributed by atoms with Crippen molar-refractivity contribution in [2.45, 2.75) is 12.5 Å². The highest BCUT2D eigenvalue weighted by Gasteiger charge is 2.19. The molecule has 5 heteroatoms. The molecule has 1 aliphatic rings. The van der Waals surface area contributed by atoms with Crippen molar-refractivity contribution in [3.8, 4) is 0 Å². The second kappa shape index (κ2) is 2.50. The molecule has 0 saturated carbocycles. The van der Waals surface area contributed by atoms with Gasteiger partial charge in [-0.15, -0.1) is 5.10 Å². The van der Waals surface area contributed by atoms with Gasteiger partial charge in [0.15, 0.2) is 0 Å². The normalized spacial score (nSPS) is 21.7. The fourth-order valence-corrected chi connectivity index (χ4v) is 1.52. The highest BCUT2D eigenvalue weighted by Crippen LogP contribution is 2.23. The van der Waals surface area contributed by atoms with Crippen molar-refractivity contribution < 1.29 is 0 Å². The maximum atomic E-state index is 4.20. The largest absolute Gasteiger partial charge is 0.310 e. The Morgan fingerprint density at radius 3 is 3.08 bits per heavy atom. The molecule has 0 spiro atoms. The number of rotatable bonds is 1. The van der Waals surface area contributed by atoms with E-state index < -0.39 is 0 Å². The molecule has 3 heterocycles. The molecule has 2 aromatic heterocycles. The monoisotopic (exact) mass is 175 g/mol. The van der Waals surface area contributed by atoms with Gasteiger partial charge in [-0.1, -0.05) is 0 Å². The molecule has 13 heavy (non-hydrogen) atoms. The summed E-state index contributed by atoms with van der Waals surface area (Å²) in [7, 11) is 0. The van der Waals surface area contributed by atoms with Crippen LogP contribution in [0.1, 0.15) is 18.0 Å². The van der Waals surface area contributed by atoms with E-state index in [9.17, 15) is 0 Å². The maximum absolute atomic E-state index is 4.20. The molecular formula is C8H9N5. The lowest BCUT2D eigenvalue weighted by Gasteiger charge is -2.27. The minimum Gasteiger partial charge on any atom is -0.310 e. The number of hydrogen-bond donors (Lipinski definition) is 2. The van der Waals surface area contributed by atoms with Crippen molar-refractivity contribution in [1.82, 2.24) is 25.7 Å². The Labute approximate surface area is 74.6 Å². The van der Waals surface area contributed by atoms with Crippen LogP contribution in [-0.4, -0.2) is 26.9 Å². The molecule has 1 aliphatic heterocycles. The predicted molar refractivity (Wildman–Crippen MR) is 47.0 cm³/mol. The molecule has 0 radical (unpaired) electrons. The second-order valence-corrected chi connectivity index (χ2v) is 3.23. The molecule has 2 aromatic rings. The maximum Gasteiger partial charge on any atom is 0.201 e. The summed E-state index contributed by atoms with van der Waals surface area (Å²) in [5.41, 5.74) is 2.72. The van der Waals surface area contributed by atoms with Gasteiger partial charge in [-0.2, -0.15) is 10.3 Å². The van der Waals surface area contributed by atoms with Crippen molar-refractivity contribution in [3.05, 3.63) is 17.8 Å². The topological polar surface area (TPSA) is 66.5 Å². The molecule has 0 bridgehead atoms. The highest BCUT2D eigenvalue weighted by atomic mass is 15.3. The summed E-state index contributed by atoms with van der Waals surface area (Å²) in [6.07, 6.45) is 3.05. The molecule has 0 aromatic carbocycles. The van der Waals surface area contributed by atoms with Gasteiger partial charge in [0.1, 0.15) is 5.52 Å². The molecule has 0 aliphatic carbocycles. The first kappa shape index (κ1) is 6.97. The lowest BCUT2D eigenvalue weighted by Crippen LogP contribution is -2.34. The molecule has 1 saturated heterocycles. The zero-order valence-corrected chi connectivity index (χ0v) is 6.99. The first-order valence-corrected chi connectivity index (χ1v) is 4.33. The van der Waals surface area contributed by atoms with Gasteiger partial charge in [0.2, 0.25) is 5.65 Å². The van der Waals surface area contributed by atoms with Gasteiger partial charge < -0.3 is 5.32 Å². The van der Waals surface area contributed by atoms with E-state index in [1.54, 1.807) is 0 Å². The second-order valence-electron chi connectivity index (χ2n) is 3.23. The van der Waals surface area contributed by atoms with Gasteiger partial charge in [-0.05, 0) is 24.6 Å². The van der Waals surface area contributed by atoms with E-state index in [1.165, 1.54) is 12.0 Å². The quantitative estimate of drug-likeness (QED) is 0.657. The van der Waals surface area contributed by atoms with E-state index >= 15 is 0 Å². The summed E-state index contributed by atoms with van der Waals surface area (Å²) >= 11 is 0. The minimum absolute atomic E-state index is 0.466. The molecule has 1 fully saturated rings. The zero-order valence-electron chi connectivity index (χ0n) is 6.99. The Morgan fingerprint density at radius 2 is 2.31 bits per heavy atom. The fraction of sp³-hybridized carbons (Fsp3) is 0.375. The molecule has 2 N–H and O–H groups in total. The van der Waals surface area contributed by atoms with E-state index in [0.29, 0.717) is 11.7 Å².